The minimum absolute atomic E-state index is 0.152. The molecule has 152 valence electrons. The predicted molar refractivity (Wildman–Crippen MR) is 101 cm³/mol. The van der Waals surface area contributed by atoms with Crippen molar-refractivity contribution in [3.05, 3.63) is 27.8 Å². The highest BCUT2D eigenvalue weighted by Crippen LogP contribution is 2.34. The molecular weight excluding hydrogens is 388 g/mol. The zero-order chi connectivity index (χ0) is 20.7. The lowest BCUT2D eigenvalue weighted by molar-refractivity contribution is -0.149. The molecule has 0 atom stereocenters. The first-order valence-electron chi connectivity index (χ1n) is 8.66. The topological polar surface area (TPSA) is 117 Å². The minimum atomic E-state index is -0.738. The number of ether oxygens (including phenoxy) is 3. The molecular formula is C18H22N2O7S. The summed E-state index contributed by atoms with van der Waals surface area (Å²) in [5.74, 6) is -1.12. The average molecular weight is 410 g/mol. The van der Waals surface area contributed by atoms with E-state index in [2.05, 4.69) is 10.5 Å². The van der Waals surface area contributed by atoms with Crippen LogP contribution in [0.3, 0.4) is 0 Å². The molecule has 28 heavy (non-hydrogen) atoms. The van der Waals surface area contributed by atoms with Gasteiger partial charge in [-0.1, -0.05) is 6.92 Å². The van der Waals surface area contributed by atoms with Gasteiger partial charge in [-0.05, 0) is 37.9 Å². The highest BCUT2D eigenvalue weighted by atomic mass is 32.1. The number of nitrogens with one attached hydrogen (secondary N) is 1. The average Bonchev–Trinajstić information content (AvgIpc) is 3.21. The first kappa shape index (κ1) is 21.4. The molecule has 2 rings (SSSR count). The molecule has 0 aliphatic heterocycles. The molecule has 0 saturated heterocycles. The molecule has 0 aliphatic carbocycles. The lowest BCUT2D eigenvalue weighted by atomic mass is 10.1. The van der Waals surface area contributed by atoms with Crippen molar-refractivity contribution in [1.82, 2.24) is 5.16 Å². The molecule has 0 unspecified atom stereocenters. The number of esters is 2. The Balaban J connectivity index is 1.91. The van der Waals surface area contributed by atoms with E-state index in [0.29, 0.717) is 22.7 Å². The summed E-state index contributed by atoms with van der Waals surface area (Å²) in [6.45, 7) is 6.46. The van der Waals surface area contributed by atoms with Crippen LogP contribution in [-0.4, -0.2) is 42.8 Å². The normalized spacial score (nSPS) is 10.4. The largest absolute Gasteiger partial charge is 0.463 e. The van der Waals surface area contributed by atoms with E-state index in [1.54, 1.807) is 20.8 Å². The number of hydrogen-bond donors (Lipinski definition) is 1. The van der Waals surface area contributed by atoms with Gasteiger partial charge in [-0.2, -0.15) is 0 Å². The minimum Gasteiger partial charge on any atom is -0.463 e. The fraction of sp³-hybridized carbons (Fsp3) is 0.444. The number of aromatic nitrogens is 1. The van der Waals surface area contributed by atoms with Gasteiger partial charge in [0.2, 0.25) is 0 Å². The Morgan fingerprint density at radius 1 is 1.18 bits per heavy atom. The van der Waals surface area contributed by atoms with Crippen LogP contribution >= 0.6 is 11.3 Å². The van der Waals surface area contributed by atoms with Crippen molar-refractivity contribution in [3.8, 4) is 5.88 Å². The maximum absolute atomic E-state index is 12.2. The molecule has 2 aromatic rings. The third kappa shape index (κ3) is 5.56. The van der Waals surface area contributed by atoms with Gasteiger partial charge >= 0.3 is 11.9 Å². The third-order valence-corrected chi connectivity index (χ3v) is 4.96. The number of aryl methyl sites for hydroxylation is 2. The number of carbonyl (C=O) groups is 3. The highest BCUT2D eigenvalue weighted by molar-refractivity contribution is 7.17. The Morgan fingerprint density at radius 2 is 1.93 bits per heavy atom. The first-order valence-corrected chi connectivity index (χ1v) is 9.48. The summed E-state index contributed by atoms with van der Waals surface area (Å²) in [6.07, 6.45) is 0.715. The van der Waals surface area contributed by atoms with Gasteiger partial charge in [0.1, 0.15) is 10.8 Å². The van der Waals surface area contributed by atoms with Crippen molar-refractivity contribution in [3.63, 3.8) is 0 Å². The van der Waals surface area contributed by atoms with E-state index >= 15 is 0 Å². The van der Waals surface area contributed by atoms with E-state index < -0.39 is 31.1 Å². The maximum Gasteiger partial charge on any atom is 0.344 e. The number of hydrogen-bond acceptors (Lipinski definition) is 9. The summed E-state index contributed by atoms with van der Waals surface area (Å²) in [4.78, 5) is 37.0. The molecule has 0 saturated carbocycles. The number of amides is 1. The van der Waals surface area contributed by atoms with Crippen LogP contribution in [0, 0.1) is 13.8 Å². The monoisotopic (exact) mass is 410 g/mol. The molecule has 0 spiro atoms. The Bertz CT molecular complexity index is 856. The second-order valence-electron chi connectivity index (χ2n) is 5.70. The van der Waals surface area contributed by atoms with E-state index in [0.717, 1.165) is 10.4 Å². The number of anilines is 1. The summed E-state index contributed by atoms with van der Waals surface area (Å²) < 4.78 is 19.8. The van der Waals surface area contributed by atoms with Gasteiger partial charge in [-0.15, -0.1) is 11.3 Å². The van der Waals surface area contributed by atoms with Crippen molar-refractivity contribution in [1.29, 1.82) is 0 Å². The summed E-state index contributed by atoms with van der Waals surface area (Å²) in [5, 5.41) is 6.56. The second kappa shape index (κ2) is 9.88. The fourth-order valence-electron chi connectivity index (χ4n) is 2.33. The summed E-state index contributed by atoms with van der Waals surface area (Å²) in [7, 11) is 0. The third-order valence-electron chi connectivity index (χ3n) is 3.61. The number of nitrogens with zero attached hydrogens (tertiary/aromatic N) is 1. The lowest BCUT2D eigenvalue weighted by Gasteiger charge is -2.08. The molecule has 0 fully saturated rings. The van der Waals surface area contributed by atoms with E-state index in [-0.39, 0.29) is 12.5 Å². The Labute approximate surface area is 165 Å². The van der Waals surface area contributed by atoms with E-state index in [9.17, 15) is 14.4 Å². The number of thiophene rings is 1. The molecule has 10 heteroatoms. The Hall–Kier alpha value is -2.88. The van der Waals surface area contributed by atoms with Crippen LogP contribution in [0.1, 0.15) is 40.4 Å². The van der Waals surface area contributed by atoms with Gasteiger partial charge in [0, 0.05) is 10.9 Å². The smallest absolute Gasteiger partial charge is 0.344 e. The van der Waals surface area contributed by atoms with Gasteiger partial charge in [0.05, 0.1) is 12.2 Å². The standard InChI is InChI=1S/C18H22N2O7S/c1-5-12-11(4)16(18(23)24-6-2)17(28-12)19-13(21)8-26-15(22)9-25-14-7-10(3)27-20-14/h7H,5-6,8-9H2,1-4H3,(H,19,21). The first-order chi connectivity index (χ1) is 13.3. The number of carbonyl (C=O) groups excluding carboxylic acids is 3. The quantitative estimate of drug-likeness (QED) is 0.627. The maximum atomic E-state index is 12.2. The van der Waals surface area contributed by atoms with Crippen LogP contribution in [0.15, 0.2) is 10.6 Å². The van der Waals surface area contributed by atoms with E-state index in [1.165, 1.54) is 17.4 Å². The van der Waals surface area contributed by atoms with E-state index in [4.69, 9.17) is 18.7 Å². The van der Waals surface area contributed by atoms with Gasteiger partial charge in [0.25, 0.3) is 11.8 Å². The molecule has 2 heterocycles. The molecule has 0 bridgehead atoms. The highest BCUT2D eigenvalue weighted by Gasteiger charge is 2.23. The van der Waals surface area contributed by atoms with Crippen LogP contribution < -0.4 is 10.1 Å². The molecule has 0 radical (unpaired) electrons. The van der Waals surface area contributed by atoms with Crippen molar-refractivity contribution >= 4 is 34.2 Å². The molecule has 1 amide bonds. The van der Waals surface area contributed by atoms with Crippen molar-refractivity contribution in [2.45, 2.75) is 34.1 Å². The van der Waals surface area contributed by atoms with Crippen LogP contribution in [0.25, 0.3) is 0 Å². The van der Waals surface area contributed by atoms with Crippen LogP contribution in [0.4, 0.5) is 5.00 Å². The summed E-state index contributed by atoms with van der Waals surface area (Å²) >= 11 is 1.30. The zero-order valence-electron chi connectivity index (χ0n) is 16.1. The van der Waals surface area contributed by atoms with Gasteiger partial charge < -0.3 is 24.1 Å². The molecule has 1 N–H and O–H groups in total. The molecule has 0 aromatic carbocycles. The zero-order valence-corrected chi connectivity index (χ0v) is 16.9. The Morgan fingerprint density at radius 3 is 2.54 bits per heavy atom. The molecule has 2 aromatic heterocycles. The van der Waals surface area contributed by atoms with Crippen molar-refractivity contribution in [2.24, 2.45) is 0 Å². The fourth-order valence-corrected chi connectivity index (χ4v) is 3.48. The Kier molecular flexibility index (Phi) is 7.56. The van der Waals surface area contributed by atoms with Gasteiger partial charge in [-0.25, -0.2) is 9.59 Å². The van der Waals surface area contributed by atoms with Crippen LogP contribution in [0.5, 0.6) is 5.88 Å². The van der Waals surface area contributed by atoms with Crippen LogP contribution in [-0.2, 0) is 25.5 Å². The summed E-state index contributed by atoms with van der Waals surface area (Å²) in [6, 6.07) is 1.52. The van der Waals surface area contributed by atoms with Crippen molar-refractivity contribution < 1.29 is 33.1 Å². The van der Waals surface area contributed by atoms with Crippen LogP contribution in [0.2, 0.25) is 0 Å². The van der Waals surface area contributed by atoms with Gasteiger partial charge in [0.15, 0.2) is 13.2 Å². The number of rotatable bonds is 9. The summed E-state index contributed by atoms with van der Waals surface area (Å²) in [5.41, 5.74) is 1.10. The van der Waals surface area contributed by atoms with E-state index in [1.807, 2.05) is 6.92 Å². The predicted octanol–water partition coefficient (Wildman–Crippen LogP) is 2.65. The molecule has 9 nitrogen and oxygen atoms in total. The van der Waals surface area contributed by atoms with Crippen molar-refractivity contribution in [2.75, 3.05) is 25.1 Å². The lowest BCUT2D eigenvalue weighted by Crippen LogP contribution is -2.24. The van der Waals surface area contributed by atoms with Gasteiger partial charge in [-0.3, -0.25) is 4.79 Å². The molecule has 0 aliphatic rings. The second-order valence-corrected chi connectivity index (χ2v) is 6.81. The SMILES string of the molecule is CCOC(=O)c1c(NC(=O)COC(=O)COc2cc(C)on2)sc(CC)c1C.